The van der Waals surface area contributed by atoms with Crippen LogP contribution in [0.2, 0.25) is 0 Å². The van der Waals surface area contributed by atoms with E-state index >= 15 is 0 Å². The number of hydrogen-bond acceptors (Lipinski definition) is 4. The molecule has 1 aliphatic rings. The molecule has 1 aliphatic heterocycles. The van der Waals surface area contributed by atoms with Crippen molar-refractivity contribution >= 4 is 16.2 Å². The van der Waals surface area contributed by atoms with Gasteiger partial charge in [-0.3, -0.25) is 4.99 Å². The molecule has 0 fully saturated rings. The van der Waals surface area contributed by atoms with Crippen molar-refractivity contribution in [2.45, 2.75) is 11.7 Å². The first-order chi connectivity index (χ1) is 5.89. The number of rotatable bonds is 1. The Morgan fingerprint density at radius 1 is 1.77 bits per heavy atom. The number of nitrogens with two attached hydrogens (primary N) is 1. The standard InChI is InChI=1S/C7H9N3O2S/c1-7(13(9,11)12)2-6(3-8)4-10-5-7/h2,4H,5H2,1H3,(H2,9,11,12). The highest BCUT2D eigenvalue weighted by Crippen LogP contribution is 2.21. The van der Waals surface area contributed by atoms with Gasteiger partial charge in [0.1, 0.15) is 10.8 Å². The molecule has 0 aliphatic carbocycles. The van der Waals surface area contributed by atoms with E-state index in [4.69, 9.17) is 10.4 Å². The number of nitrogens with zero attached hydrogens (tertiary/aromatic N) is 2. The van der Waals surface area contributed by atoms with Gasteiger partial charge in [-0.05, 0) is 13.0 Å². The van der Waals surface area contributed by atoms with E-state index in [1.165, 1.54) is 19.2 Å². The molecule has 6 heteroatoms. The highest BCUT2D eigenvalue weighted by Gasteiger charge is 2.36. The third-order valence-corrected chi connectivity index (χ3v) is 3.42. The van der Waals surface area contributed by atoms with Gasteiger partial charge in [-0.2, -0.15) is 5.26 Å². The van der Waals surface area contributed by atoms with Gasteiger partial charge >= 0.3 is 0 Å². The lowest BCUT2D eigenvalue weighted by atomic mass is 10.1. The summed E-state index contributed by atoms with van der Waals surface area (Å²) in [6.07, 6.45) is 2.67. The molecule has 1 heterocycles. The SMILES string of the molecule is CC1(S(N)(=O)=O)C=C(C#N)C=NC1. The summed E-state index contributed by atoms with van der Waals surface area (Å²) in [7, 11) is -3.71. The fraction of sp³-hybridized carbons (Fsp3) is 0.429. The molecule has 1 unspecified atom stereocenters. The van der Waals surface area contributed by atoms with Gasteiger partial charge in [-0.15, -0.1) is 0 Å². The fourth-order valence-corrected chi connectivity index (χ4v) is 1.52. The minimum Gasteiger partial charge on any atom is -0.290 e. The average Bonchev–Trinajstić information content (AvgIpc) is 2.02. The molecule has 0 radical (unpaired) electrons. The van der Waals surface area contributed by atoms with Gasteiger partial charge in [0.05, 0.1) is 12.1 Å². The summed E-state index contributed by atoms with van der Waals surface area (Å²) in [5.74, 6) is 0. The van der Waals surface area contributed by atoms with Gasteiger partial charge in [0.15, 0.2) is 0 Å². The van der Waals surface area contributed by atoms with Crippen LogP contribution in [0.15, 0.2) is 16.6 Å². The molecule has 0 aromatic heterocycles. The first-order valence-electron chi connectivity index (χ1n) is 3.54. The third-order valence-electron chi connectivity index (χ3n) is 1.88. The molecule has 2 N–H and O–H groups in total. The number of sulfonamides is 1. The summed E-state index contributed by atoms with van der Waals surface area (Å²) in [4.78, 5) is 3.77. The van der Waals surface area contributed by atoms with E-state index in [2.05, 4.69) is 4.99 Å². The molecule has 1 rings (SSSR count). The van der Waals surface area contributed by atoms with Crippen molar-refractivity contribution in [2.75, 3.05) is 6.54 Å². The van der Waals surface area contributed by atoms with Crippen LogP contribution in [0, 0.1) is 11.3 Å². The minimum absolute atomic E-state index is 0.0665. The van der Waals surface area contributed by atoms with Crippen LogP contribution in [0.1, 0.15) is 6.92 Å². The molecule has 0 aromatic rings. The summed E-state index contributed by atoms with van der Waals surface area (Å²) in [6, 6.07) is 1.82. The molecule has 0 saturated carbocycles. The van der Waals surface area contributed by atoms with Gasteiger partial charge in [0.25, 0.3) is 0 Å². The van der Waals surface area contributed by atoms with Gasteiger partial charge in [-0.25, -0.2) is 13.6 Å². The second kappa shape index (κ2) is 2.94. The number of nitriles is 1. The maximum absolute atomic E-state index is 11.1. The highest BCUT2D eigenvalue weighted by atomic mass is 32.2. The molecule has 0 amide bonds. The molecular weight excluding hydrogens is 190 g/mol. The second-order valence-electron chi connectivity index (χ2n) is 3.04. The number of hydrogen-bond donors (Lipinski definition) is 1. The summed E-state index contributed by atoms with van der Waals surface area (Å²) >= 11 is 0. The Bertz CT molecular complexity index is 416. The lowest BCUT2D eigenvalue weighted by Crippen LogP contribution is -2.43. The molecule has 0 saturated heterocycles. The monoisotopic (exact) mass is 199 g/mol. The van der Waals surface area contributed by atoms with Crippen molar-refractivity contribution in [3.63, 3.8) is 0 Å². The van der Waals surface area contributed by atoms with Crippen LogP contribution in [0.25, 0.3) is 0 Å². The van der Waals surface area contributed by atoms with Crippen molar-refractivity contribution in [2.24, 2.45) is 10.1 Å². The Kier molecular flexibility index (Phi) is 2.24. The average molecular weight is 199 g/mol. The molecule has 70 valence electrons. The smallest absolute Gasteiger partial charge is 0.220 e. The van der Waals surface area contributed by atoms with Crippen LogP contribution in [-0.2, 0) is 10.0 Å². The van der Waals surface area contributed by atoms with E-state index in [0.29, 0.717) is 0 Å². The van der Waals surface area contributed by atoms with Crippen LogP contribution in [-0.4, -0.2) is 25.9 Å². The molecule has 1 atom stereocenters. The van der Waals surface area contributed by atoms with Crippen LogP contribution in [0.4, 0.5) is 0 Å². The maximum Gasteiger partial charge on any atom is 0.220 e. The fourth-order valence-electron chi connectivity index (χ4n) is 0.970. The first kappa shape index (κ1) is 9.89. The Labute approximate surface area is 76.6 Å². The third kappa shape index (κ3) is 1.76. The number of primary sulfonamides is 1. The zero-order valence-corrected chi connectivity index (χ0v) is 7.87. The normalized spacial score (nSPS) is 27.9. The number of dihydropyridines is 1. The van der Waals surface area contributed by atoms with Gasteiger partial charge in [0.2, 0.25) is 10.0 Å². The summed E-state index contributed by atoms with van der Waals surface area (Å²) < 4.78 is 21.0. The van der Waals surface area contributed by atoms with Crippen molar-refractivity contribution in [3.8, 4) is 6.07 Å². The Balaban J connectivity index is 3.19. The zero-order chi connectivity index (χ0) is 10.1. The number of allylic oxidation sites excluding steroid dienone is 1. The summed E-state index contributed by atoms with van der Waals surface area (Å²) in [5.41, 5.74) is 0.225. The van der Waals surface area contributed by atoms with E-state index in [1.54, 1.807) is 0 Å². The van der Waals surface area contributed by atoms with E-state index in [0.717, 1.165) is 0 Å². The topological polar surface area (TPSA) is 96.3 Å². The van der Waals surface area contributed by atoms with E-state index in [-0.39, 0.29) is 12.1 Å². The van der Waals surface area contributed by atoms with Gasteiger partial charge in [0, 0.05) is 6.21 Å². The molecule has 5 nitrogen and oxygen atoms in total. The molecule has 0 aromatic carbocycles. The van der Waals surface area contributed by atoms with Crippen LogP contribution in [0.5, 0.6) is 0 Å². The zero-order valence-electron chi connectivity index (χ0n) is 7.06. The van der Waals surface area contributed by atoms with Crippen LogP contribution < -0.4 is 5.14 Å². The van der Waals surface area contributed by atoms with Crippen molar-refractivity contribution in [1.29, 1.82) is 5.26 Å². The van der Waals surface area contributed by atoms with Crippen LogP contribution >= 0.6 is 0 Å². The Morgan fingerprint density at radius 2 is 2.38 bits per heavy atom. The van der Waals surface area contributed by atoms with E-state index in [1.807, 2.05) is 6.07 Å². The molecule has 0 spiro atoms. The quantitative estimate of drug-likeness (QED) is 0.620. The predicted octanol–water partition coefficient (Wildman–Crippen LogP) is -0.432. The summed E-state index contributed by atoms with van der Waals surface area (Å²) in [6.45, 7) is 1.51. The minimum atomic E-state index is -3.71. The van der Waals surface area contributed by atoms with Crippen molar-refractivity contribution in [3.05, 3.63) is 11.6 Å². The molecule has 13 heavy (non-hydrogen) atoms. The Morgan fingerprint density at radius 3 is 2.85 bits per heavy atom. The molecular formula is C7H9N3O2S. The van der Waals surface area contributed by atoms with E-state index in [9.17, 15) is 8.42 Å². The predicted molar refractivity (Wildman–Crippen MR) is 48.6 cm³/mol. The van der Waals surface area contributed by atoms with E-state index < -0.39 is 14.8 Å². The first-order valence-corrected chi connectivity index (χ1v) is 5.09. The number of aliphatic imine (C=N–C) groups is 1. The lowest BCUT2D eigenvalue weighted by molar-refractivity contribution is 0.565. The Hall–Kier alpha value is -1.19. The highest BCUT2D eigenvalue weighted by molar-refractivity contribution is 7.90. The largest absolute Gasteiger partial charge is 0.290 e. The van der Waals surface area contributed by atoms with Crippen molar-refractivity contribution < 1.29 is 8.42 Å². The second-order valence-corrected chi connectivity index (χ2v) is 5.06. The molecule has 0 bridgehead atoms. The maximum atomic E-state index is 11.1. The van der Waals surface area contributed by atoms with Crippen molar-refractivity contribution in [1.82, 2.24) is 0 Å². The lowest BCUT2D eigenvalue weighted by Gasteiger charge is -2.23. The summed E-state index contributed by atoms with van der Waals surface area (Å²) in [5, 5.41) is 13.5. The van der Waals surface area contributed by atoms with Gasteiger partial charge < -0.3 is 0 Å². The van der Waals surface area contributed by atoms with Crippen LogP contribution in [0.3, 0.4) is 0 Å². The van der Waals surface area contributed by atoms with Gasteiger partial charge in [-0.1, -0.05) is 0 Å².